The van der Waals surface area contributed by atoms with Crippen LogP contribution >= 0.6 is 15.9 Å². The second-order valence-electron chi connectivity index (χ2n) is 2.66. The summed E-state index contributed by atoms with van der Waals surface area (Å²) in [5.74, 6) is 0.843. The summed E-state index contributed by atoms with van der Waals surface area (Å²) >= 11 is 3.40. The third-order valence-electron chi connectivity index (χ3n) is 1.58. The molecule has 0 spiro atoms. The summed E-state index contributed by atoms with van der Waals surface area (Å²) in [5, 5.41) is 0. The van der Waals surface area contributed by atoms with Gasteiger partial charge in [-0.2, -0.15) is 0 Å². The van der Waals surface area contributed by atoms with Crippen molar-refractivity contribution in [3.63, 3.8) is 0 Å². The minimum Gasteiger partial charge on any atom is -0.489 e. The van der Waals surface area contributed by atoms with Gasteiger partial charge in [-0.15, -0.1) is 0 Å². The normalized spacial score (nSPS) is 16.5. The first-order chi connectivity index (χ1) is 5.36. The van der Waals surface area contributed by atoms with Crippen molar-refractivity contribution in [1.82, 2.24) is 0 Å². The molecule has 0 amide bonds. The van der Waals surface area contributed by atoms with Gasteiger partial charge in [-0.25, -0.2) is 0 Å². The number of halogens is 1. The lowest BCUT2D eigenvalue weighted by atomic mass is 10.3. The van der Waals surface area contributed by atoms with Crippen LogP contribution < -0.4 is 4.74 Å². The lowest BCUT2D eigenvalue weighted by Crippen LogP contribution is -1.95. The molecule has 0 heterocycles. The summed E-state index contributed by atoms with van der Waals surface area (Å²) in [6, 6.07) is 8.80. The molecular formula is C9H8BrO. The van der Waals surface area contributed by atoms with Crippen LogP contribution in [-0.4, -0.2) is 6.10 Å². The van der Waals surface area contributed by atoms with Crippen molar-refractivity contribution in [1.29, 1.82) is 0 Å². The van der Waals surface area contributed by atoms with E-state index in [4.69, 9.17) is 4.74 Å². The van der Waals surface area contributed by atoms with Crippen LogP contribution in [0.3, 0.4) is 0 Å². The SMILES string of the molecule is Brc1ccc[c]c1OC1CC1. The highest BCUT2D eigenvalue weighted by Crippen LogP contribution is 2.30. The Kier molecular flexibility index (Phi) is 1.86. The van der Waals surface area contributed by atoms with E-state index in [9.17, 15) is 0 Å². The molecule has 0 unspecified atom stereocenters. The molecule has 1 aliphatic carbocycles. The van der Waals surface area contributed by atoms with Crippen LogP contribution in [0.5, 0.6) is 5.75 Å². The highest BCUT2D eigenvalue weighted by Gasteiger charge is 2.24. The molecule has 0 atom stereocenters. The Balaban J connectivity index is 2.15. The first kappa shape index (κ1) is 7.17. The van der Waals surface area contributed by atoms with Gasteiger partial charge in [0.25, 0.3) is 0 Å². The van der Waals surface area contributed by atoms with Gasteiger partial charge in [0.15, 0.2) is 0 Å². The molecule has 1 fully saturated rings. The molecule has 1 nitrogen and oxygen atoms in total. The number of benzene rings is 1. The standard InChI is InChI=1S/C9H8BrO/c10-8-3-1-2-4-9(8)11-7-5-6-7/h1-3,7H,5-6H2. The van der Waals surface area contributed by atoms with E-state index < -0.39 is 0 Å². The second-order valence-corrected chi connectivity index (χ2v) is 3.52. The van der Waals surface area contributed by atoms with Crippen LogP contribution in [0.1, 0.15) is 12.8 Å². The Morgan fingerprint density at radius 3 is 3.00 bits per heavy atom. The Labute approximate surface area is 74.5 Å². The molecule has 11 heavy (non-hydrogen) atoms. The van der Waals surface area contributed by atoms with E-state index in [1.54, 1.807) is 0 Å². The second kappa shape index (κ2) is 2.86. The summed E-state index contributed by atoms with van der Waals surface area (Å²) in [7, 11) is 0. The minimum atomic E-state index is 0.449. The highest BCUT2D eigenvalue weighted by atomic mass is 79.9. The molecule has 2 heteroatoms. The van der Waals surface area contributed by atoms with Crippen molar-refractivity contribution < 1.29 is 4.74 Å². The zero-order valence-corrected chi connectivity index (χ0v) is 7.60. The first-order valence-corrected chi connectivity index (χ1v) is 4.48. The van der Waals surface area contributed by atoms with Crippen LogP contribution in [0.15, 0.2) is 22.7 Å². The van der Waals surface area contributed by atoms with Gasteiger partial charge in [0.05, 0.1) is 10.6 Å². The molecule has 0 bridgehead atoms. The molecular weight excluding hydrogens is 204 g/mol. The summed E-state index contributed by atoms with van der Waals surface area (Å²) in [6.07, 6.45) is 2.83. The average Bonchev–Trinajstić information content (AvgIpc) is 2.78. The number of para-hydroxylation sites is 1. The lowest BCUT2D eigenvalue weighted by molar-refractivity contribution is 0.300. The van der Waals surface area contributed by atoms with E-state index in [0.717, 1.165) is 10.2 Å². The molecule has 1 aromatic rings. The van der Waals surface area contributed by atoms with Crippen LogP contribution in [0, 0.1) is 6.07 Å². The predicted molar refractivity (Wildman–Crippen MR) is 46.6 cm³/mol. The van der Waals surface area contributed by atoms with Gasteiger partial charge in [-0.05, 0) is 34.8 Å². The molecule has 1 saturated carbocycles. The smallest absolute Gasteiger partial charge is 0.141 e. The van der Waals surface area contributed by atoms with Gasteiger partial charge < -0.3 is 4.74 Å². The predicted octanol–water partition coefficient (Wildman–Crippen LogP) is 2.79. The van der Waals surface area contributed by atoms with Crippen molar-refractivity contribution in [2.75, 3.05) is 0 Å². The van der Waals surface area contributed by atoms with Crippen LogP contribution in [0.4, 0.5) is 0 Å². The summed E-state index contributed by atoms with van der Waals surface area (Å²) in [4.78, 5) is 0. The quantitative estimate of drug-likeness (QED) is 0.732. The van der Waals surface area contributed by atoms with Crippen LogP contribution in [-0.2, 0) is 0 Å². The van der Waals surface area contributed by atoms with Crippen LogP contribution in [0.2, 0.25) is 0 Å². The molecule has 0 N–H and O–H groups in total. The van der Waals surface area contributed by atoms with Gasteiger partial charge in [0.1, 0.15) is 5.75 Å². The van der Waals surface area contributed by atoms with Crippen LogP contribution in [0.25, 0.3) is 0 Å². The maximum absolute atomic E-state index is 5.55. The topological polar surface area (TPSA) is 9.23 Å². The van der Waals surface area contributed by atoms with E-state index in [-0.39, 0.29) is 0 Å². The third kappa shape index (κ3) is 1.74. The molecule has 0 aromatic heterocycles. The molecule has 0 saturated heterocycles. The fraction of sp³-hybridized carbons (Fsp3) is 0.333. The van der Waals surface area contributed by atoms with Gasteiger partial charge in [-0.1, -0.05) is 12.1 Å². The summed E-state index contributed by atoms with van der Waals surface area (Å²) < 4.78 is 6.55. The van der Waals surface area contributed by atoms with Crippen molar-refractivity contribution in [3.8, 4) is 5.75 Å². The summed E-state index contributed by atoms with van der Waals surface area (Å²) in [5.41, 5.74) is 0. The van der Waals surface area contributed by atoms with E-state index in [1.165, 1.54) is 12.8 Å². The number of hydrogen-bond acceptors (Lipinski definition) is 1. The molecule has 2 rings (SSSR count). The Hall–Kier alpha value is -0.500. The van der Waals surface area contributed by atoms with E-state index in [0.29, 0.717) is 6.10 Å². The Morgan fingerprint density at radius 2 is 2.36 bits per heavy atom. The zero-order chi connectivity index (χ0) is 7.68. The van der Waals surface area contributed by atoms with Gasteiger partial charge in [-0.3, -0.25) is 0 Å². The largest absolute Gasteiger partial charge is 0.489 e. The lowest BCUT2D eigenvalue weighted by Gasteiger charge is -2.04. The Morgan fingerprint density at radius 1 is 1.55 bits per heavy atom. The monoisotopic (exact) mass is 211 g/mol. The molecule has 57 valence electrons. The summed E-state index contributed by atoms with van der Waals surface area (Å²) in [6.45, 7) is 0. The van der Waals surface area contributed by atoms with E-state index in [1.807, 2.05) is 18.2 Å². The molecule has 1 radical (unpaired) electrons. The van der Waals surface area contributed by atoms with Gasteiger partial charge in [0.2, 0.25) is 0 Å². The molecule has 1 aliphatic rings. The van der Waals surface area contributed by atoms with Crippen molar-refractivity contribution in [2.45, 2.75) is 18.9 Å². The maximum Gasteiger partial charge on any atom is 0.141 e. The first-order valence-electron chi connectivity index (χ1n) is 3.69. The van der Waals surface area contributed by atoms with Crippen molar-refractivity contribution in [2.24, 2.45) is 0 Å². The van der Waals surface area contributed by atoms with E-state index in [2.05, 4.69) is 22.0 Å². The number of rotatable bonds is 2. The number of hydrogen-bond donors (Lipinski definition) is 0. The fourth-order valence-electron chi connectivity index (χ4n) is 0.844. The third-order valence-corrected chi connectivity index (χ3v) is 2.20. The fourth-order valence-corrected chi connectivity index (χ4v) is 1.20. The average molecular weight is 212 g/mol. The van der Waals surface area contributed by atoms with E-state index >= 15 is 0 Å². The van der Waals surface area contributed by atoms with Gasteiger partial charge >= 0.3 is 0 Å². The Bertz CT molecular complexity index is 255. The van der Waals surface area contributed by atoms with Gasteiger partial charge in [0, 0.05) is 6.07 Å². The highest BCUT2D eigenvalue weighted by molar-refractivity contribution is 9.10. The number of ether oxygens (including phenoxy) is 1. The maximum atomic E-state index is 5.55. The zero-order valence-electron chi connectivity index (χ0n) is 6.01. The molecule has 1 aromatic carbocycles. The molecule has 0 aliphatic heterocycles. The van der Waals surface area contributed by atoms with Crippen molar-refractivity contribution >= 4 is 15.9 Å². The van der Waals surface area contributed by atoms with Crippen molar-refractivity contribution in [3.05, 3.63) is 28.7 Å². The minimum absolute atomic E-state index is 0.449.